The van der Waals surface area contributed by atoms with Crippen molar-refractivity contribution >= 4 is 48.3 Å². The molecule has 2 N–H and O–H groups in total. The number of hydrogen-bond donors (Lipinski definition) is 2. The monoisotopic (exact) mass is 445 g/mol. The lowest BCUT2D eigenvalue weighted by molar-refractivity contribution is 0.102. The smallest absolute Gasteiger partial charge is 0.261 e. The van der Waals surface area contributed by atoms with E-state index in [1.54, 1.807) is 24.3 Å². The molecule has 4 aromatic rings. The number of anilines is 2. The highest BCUT2D eigenvalue weighted by Crippen LogP contribution is 2.28. The number of para-hydroxylation sites is 2. The van der Waals surface area contributed by atoms with Gasteiger partial charge >= 0.3 is 0 Å². The number of fused-ring (bicyclic) bond motifs is 1. The van der Waals surface area contributed by atoms with Crippen LogP contribution in [0.5, 0.6) is 0 Å². The topological polar surface area (TPSA) is 88.2 Å². The Hall–Kier alpha value is -3.37. The summed E-state index contributed by atoms with van der Waals surface area (Å²) in [5, 5.41) is 2.74. The van der Waals surface area contributed by atoms with Crippen LogP contribution in [-0.4, -0.2) is 19.3 Å². The molecule has 0 aliphatic rings. The number of nitrogens with one attached hydrogen (secondary N) is 2. The fourth-order valence-corrected chi connectivity index (χ4v) is 4.68. The van der Waals surface area contributed by atoms with E-state index in [9.17, 15) is 22.0 Å². The summed E-state index contributed by atoms with van der Waals surface area (Å²) >= 11 is 1.09. The van der Waals surface area contributed by atoms with Gasteiger partial charge in [-0.25, -0.2) is 22.2 Å². The molecule has 30 heavy (non-hydrogen) atoms. The maximum atomic E-state index is 13.8. The van der Waals surface area contributed by atoms with Crippen LogP contribution in [0.4, 0.5) is 19.6 Å². The van der Waals surface area contributed by atoms with Crippen LogP contribution in [0.2, 0.25) is 0 Å². The van der Waals surface area contributed by atoms with E-state index in [0.29, 0.717) is 4.70 Å². The summed E-state index contributed by atoms with van der Waals surface area (Å²) in [7, 11) is -4.04. The van der Waals surface area contributed by atoms with Crippen LogP contribution in [0.3, 0.4) is 0 Å². The second kappa shape index (κ2) is 7.81. The number of sulfonamides is 1. The van der Waals surface area contributed by atoms with Gasteiger partial charge in [0, 0.05) is 0 Å². The first-order chi connectivity index (χ1) is 14.3. The van der Waals surface area contributed by atoms with E-state index in [1.165, 1.54) is 18.2 Å². The van der Waals surface area contributed by atoms with Gasteiger partial charge in [-0.1, -0.05) is 29.5 Å². The highest BCUT2D eigenvalue weighted by Gasteiger charge is 2.20. The zero-order valence-electron chi connectivity index (χ0n) is 15.1. The van der Waals surface area contributed by atoms with E-state index in [2.05, 4.69) is 15.0 Å². The van der Waals surface area contributed by atoms with Gasteiger partial charge in [0.2, 0.25) is 0 Å². The Labute approximate surface area is 174 Å². The fourth-order valence-electron chi connectivity index (χ4n) is 2.72. The van der Waals surface area contributed by atoms with E-state index in [1.807, 2.05) is 0 Å². The van der Waals surface area contributed by atoms with Gasteiger partial charge in [0.1, 0.15) is 17.2 Å². The minimum atomic E-state index is -4.04. The molecular formula is C20H13F2N3O3S2. The lowest BCUT2D eigenvalue weighted by Crippen LogP contribution is -2.18. The molecule has 0 saturated carbocycles. The molecule has 3 aromatic carbocycles. The molecule has 0 atom stereocenters. The predicted octanol–water partition coefficient (Wildman–Crippen LogP) is 4.63. The van der Waals surface area contributed by atoms with Crippen LogP contribution >= 0.6 is 11.3 Å². The number of hydrogen-bond acceptors (Lipinski definition) is 5. The van der Waals surface area contributed by atoms with Crippen molar-refractivity contribution in [1.29, 1.82) is 0 Å². The van der Waals surface area contributed by atoms with E-state index in [0.717, 1.165) is 35.6 Å². The molecule has 1 amide bonds. The average Bonchev–Trinajstić information content (AvgIpc) is 3.12. The third-order valence-electron chi connectivity index (χ3n) is 4.13. The molecule has 0 spiro atoms. The number of nitrogens with zero attached hydrogens (tertiary/aromatic N) is 1. The Bertz CT molecular complexity index is 1350. The Morgan fingerprint density at radius 3 is 2.40 bits per heavy atom. The van der Waals surface area contributed by atoms with Gasteiger partial charge in [-0.2, -0.15) is 0 Å². The van der Waals surface area contributed by atoms with Crippen LogP contribution in [0.1, 0.15) is 10.4 Å². The maximum absolute atomic E-state index is 13.8. The molecule has 10 heteroatoms. The third kappa shape index (κ3) is 4.00. The third-order valence-corrected chi connectivity index (χ3v) is 6.45. The number of amides is 1. The number of rotatable bonds is 5. The normalized spacial score (nSPS) is 11.4. The van der Waals surface area contributed by atoms with E-state index in [-0.39, 0.29) is 26.8 Å². The standard InChI is InChI=1S/C20H13F2N3O3S2/c21-12-8-10-13(11-9-12)30(27,28)25-16-6-2-1-4-14(16)19(26)24-20-23-18-15(22)5-3-7-17(18)29-20/h1-11,25H,(H,23,24,26). The molecule has 152 valence electrons. The zero-order valence-corrected chi connectivity index (χ0v) is 16.7. The van der Waals surface area contributed by atoms with Crippen molar-refractivity contribution in [1.82, 2.24) is 4.98 Å². The molecule has 0 aliphatic carbocycles. The first kappa shape index (κ1) is 19.9. The van der Waals surface area contributed by atoms with E-state index < -0.39 is 27.6 Å². The SMILES string of the molecule is O=C(Nc1nc2c(F)cccc2s1)c1ccccc1NS(=O)(=O)c1ccc(F)cc1. The summed E-state index contributed by atoms with van der Waals surface area (Å²) in [6.45, 7) is 0. The van der Waals surface area contributed by atoms with Crippen molar-refractivity contribution in [3.05, 3.63) is 83.9 Å². The van der Waals surface area contributed by atoms with Gasteiger partial charge in [0.15, 0.2) is 5.13 Å². The van der Waals surface area contributed by atoms with Gasteiger partial charge in [0.25, 0.3) is 15.9 Å². The Morgan fingerprint density at radius 2 is 1.67 bits per heavy atom. The number of carbonyl (C=O) groups is 1. The number of carbonyl (C=O) groups excluding carboxylic acids is 1. The Balaban J connectivity index is 1.61. The molecule has 6 nitrogen and oxygen atoms in total. The molecule has 1 heterocycles. The second-order valence-electron chi connectivity index (χ2n) is 6.16. The van der Waals surface area contributed by atoms with Crippen molar-refractivity contribution in [2.45, 2.75) is 4.90 Å². The van der Waals surface area contributed by atoms with Gasteiger partial charge in [0.05, 0.1) is 20.8 Å². The molecule has 0 fully saturated rings. The zero-order chi connectivity index (χ0) is 21.3. The molecule has 4 rings (SSSR count). The lowest BCUT2D eigenvalue weighted by atomic mass is 10.2. The fraction of sp³-hybridized carbons (Fsp3) is 0. The first-order valence-electron chi connectivity index (χ1n) is 8.57. The number of halogens is 2. The van der Waals surface area contributed by atoms with Crippen LogP contribution in [0.15, 0.2) is 71.6 Å². The summed E-state index contributed by atoms with van der Waals surface area (Å²) < 4.78 is 55.0. The molecule has 0 radical (unpaired) electrons. The summed E-state index contributed by atoms with van der Waals surface area (Å²) in [5.41, 5.74) is 0.220. The van der Waals surface area contributed by atoms with E-state index >= 15 is 0 Å². The average molecular weight is 445 g/mol. The van der Waals surface area contributed by atoms with Crippen LogP contribution in [0, 0.1) is 11.6 Å². The van der Waals surface area contributed by atoms with Crippen molar-refractivity contribution in [3.63, 3.8) is 0 Å². The summed E-state index contributed by atoms with van der Waals surface area (Å²) in [4.78, 5) is 16.7. The van der Waals surface area contributed by atoms with Crippen molar-refractivity contribution in [2.75, 3.05) is 10.0 Å². The summed E-state index contributed by atoms with van der Waals surface area (Å²) in [5.74, 6) is -1.69. The van der Waals surface area contributed by atoms with Crippen molar-refractivity contribution in [2.24, 2.45) is 0 Å². The molecular weight excluding hydrogens is 432 g/mol. The number of aromatic nitrogens is 1. The van der Waals surface area contributed by atoms with Crippen LogP contribution in [0.25, 0.3) is 10.2 Å². The molecule has 0 aliphatic heterocycles. The van der Waals surface area contributed by atoms with Gasteiger partial charge in [-0.15, -0.1) is 0 Å². The van der Waals surface area contributed by atoms with Gasteiger partial charge < -0.3 is 0 Å². The molecule has 1 aromatic heterocycles. The van der Waals surface area contributed by atoms with Crippen molar-refractivity contribution in [3.8, 4) is 0 Å². The molecule has 0 saturated heterocycles. The largest absolute Gasteiger partial charge is 0.298 e. The quantitative estimate of drug-likeness (QED) is 0.469. The van der Waals surface area contributed by atoms with Gasteiger partial charge in [-0.05, 0) is 48.5 Å². The minimum Gasteiger partial charge on any atom is -0.298 e. The number of thiazole rings is 1. The van der Waals surface area contributed by atoms with Gasteiger partial charge in [-0.3, -0.25) is 14.8 Å². The lowest BCUT2D eigenvalue weighted by Gasteiger charge is -2.12. The minimum absolute atomic E-state index is 0.0339. The van der Waals surface area contributed by atoms with Crippen LogP contribution < -0.4 is 10.0 Å². The number of benzene rings is 3. The molecule has 0 bridgehead atoms. The molecule has 0 unspecified atom stereocenters. The highest BCUT2D eigenvalue weighted by molar-refractivity contribution is 7.92. The summed E-state index contributed by atoms with van der Waals surface area (Å²) in [6, 6.07) is 14.8. The Kier molecular flexibility index (Phi) is 5.18. The van der Waals surface area contributed by atoms with Crippen LogP contribution in [-0.2, 0) is 10.0 Å². The van der Waals surface area contributed by atoms with E-state index in [4.69, 9.17) is 0 Å². The predicted molar refractivity (Wildman–Crippen MR) is 111 cm³/mol. The second-order valence-corrected chi connectivity index (χ2v) is 8.88. The Morgan fingerprint density at radius 1 is 0.933 bits per heavy atom. The first-order valence-corrected chi connectivity index (χ1v) is 10.9. The van der Waals surface area contributed by atoms with Crippen molar-refractivity contribution < 1.29 is 22.0 Å². The highest BCUT2D eigenvalue weighted by atomic mass is 32.2. The maximum Gasteiger partial charge on any atom is 0.261 e. The summed E-state index contributed by atoms with van der Waals surface area (Å²) in [6.07, 6.45) is 0.